The molecule has 0 spiro atoms. The molecule has 1 aromatic heterocycles. The van der Waals surface area contributed by atoms with Crippen molar-refractivity contribution < 1.29 is 18.7 Å². The van der Waals surface area contributed by atoms with E-state index < -0.39 is 23.0 Å². The van der Waals surface area contributed by atoms with Crippen LogP contribution in [0.3, 0.4) is 0 Å². The lowest BCUT2D eigenvalue weighted by Crippen LogP contribution is -2.16. The number of carboxylic acids is 1. The van der Waals surface area contributed by atoms with Crippen molar-refractivity contribution >= 4 is 16.9 Å². The molecule has 1 N–H and O–H groups in total. The Kier molecular flexibility index (Phi) is 2.42. The van der Waals surface area contributed by atoms with Crippen LogP contribution in [0.4, 0.5) is 8.78 Å². The van der Waals surface area contributed by atoms with E-state index >= 15 is 0 Å². The van der Waals surface area contributed by atoms with Crippen LogP contribution < -0.4 is 5.43 Å². The molecule has 0 aliphatic carbocycles. The number of rotatable bonds is 1. The third-order valence-corrected chi connectivity index (χ3v) is 2.51. The number of hydrogen-bond donors (Lipinski definition) is 1. The average Bonchev–Trinajstić information content (AvgIpc) is 2.25. The fourth-order valence-corrected chi connectivity index (χ4v) is 1.64. The summed E-state index contributed by atoms with van der Waals surface area (Å²) in [4.78, 5) is 22.4. The molecule has 4 nitrogen and oxygen atoms in total. The summed E-state index contributed by atoms with van der Waals surface area (Å²) < 4.78 is 27.2. The number of nitrogens with zero attached hydrogens (tertiary/aromatic N) is 1. The van der Waals surface area contributed by atoms with E-state index in [9.17, 15) is 18.4 Å². The highest BCUT2D eigenvalue weighted by Crippen LogP contribution is 2.16. The molecule has 0 fully saturated rings. The second-order valence-corrected chi connectivity index (χ2v) is 3.54. The number of aromatic nitrogens is 1. The van der Waals surface area contributed by atoms with Crippen LogP contribution in [0.25, 0.3) is 10.9 Å². The van der Waals surface area contributed by atoms with Crippen LogP contribution in [-0.2, 0) is 7.05 Å². The van der Waals surface area contributed by atoms with Gasteiger partial charge in [0.2, 0.25) is 0 Å². The van der Waals surface area contributed by atoms with Gasteiger partial charge in [-0.3, -0.25) is 4.79 Å². The van der Waals surface area contributed by atoms with Gasteiger partial charge in [-0.2, -0.15) is 0 Å². The van der Waals surface area contributed by atoms with Gasteiger partial charge in [-0.15, -0.1) is 0 Å². The first kappa shape index (κ1) is 11.3. The largest absolute Gasteiger partial charge is 0.477 e. The number of aromatic carboxylic acids is 1. The zero-order valence-electron chi connectivity index (χ0n) is 8.70. The lowest BCUT2D eigenvalue weighted by atomic mass is 10.1. The highest BCUT2D eigenvalue weighted by atomic mass is 19.2. The summed E-state index contributed by atoms with van der Waals surface area (Å²) in [6.07, 6.45) is 0. The van der Waals surface area contributed by atoms with Crippen LogP contribution in [0.15, 0.2) is 23.0 Å². The van der Waals surface area contributed by atoms with Crippen LogP contribution in [-0.4, -0.2) is 15.6 Å². The van der Waals surface area contributed by atoms with Crippen LogP contribution in [0, 0.1) is 11.6 Å². The minimum absolute atomic E-state index is 0.0359. The van der Waals surface area contributed by atoms with Crippen molar-refractivity contribution in [3.63, 3.8) is 0 Å². The van der Waals surface area contributed by atoms with Crippen molar-refractivity contribution in [2.45, 2.75) is 0 Å². The Morgan fingerprint density at radius 2 is 1.82 bits per heavy atom. The summed E-state index contributed by atoms with van der Waals surface area (Å²) in [6.45, 7) is 0. The average molecular weight is 239 g/mol. The van der Waals surface area contributed by atoms with Crippen LogP contribution in [0.5, 0.6) is 0 Å². The van der Waals surface area contributed by atoms with E-state index in [1.165, 1.54) is 7.05 Å². The second-order valence-electron chi connectivity index (χ2n) is 3.54. The number of carboxylic acid groups (broad SMARTS) is 1. The van der Waals surface area contributed by atoms with E-state index in [1.807, 2.05) is 0 Å². The fourth-order valence-electron chi connectivity index (χ4n) is 1.64. The summed E-state index contributed by atoms with van der Waals surface area (Å²) in [5.74, 6) is -3.58. The molecule has 1 aromatic carbocycles. The topological polar surface area (TPSA) is 59.3 Å². The van der Waals surface area contributed by atoms with E-state index in [0.717, 1.165) is 22.8 Å². The number of fused-ring (bicyclic) bond motifs is 1. The van der Waals surface area contributed by atoms with Gasteiger partial charge in [0.15, 0.2) is 17.1 Å². The molecular formula is C11H7F2NO3. The Morgan fingerprint density at radius 1 is 1.24 bits per heavy atom. The van der Waals surface area contributed by atoms with Crippen molar-refractivity contribution in [1.29, 1.82) is 0 Å². The van der Waals surface area contributed by atoms with Crippen molar-refractivity contribution in [3.8, 4) is 0 Å². The Morgan fingerprint density at radius 3 is 2.41 bits per heavy atom. The molecule has 0 saturated carbocycles. The number of pyridine rings is 1. The van der Waals surface area contributed by atoms with Crippen LogP contribution in [0.1, 0.15) is 10.5 Å². The third kappa shape index (κ3) is 1.67. The van der Waals surface area contributed by atoms with Gasteiger partial charge in [-0.25, -0.2) is 13.6 Å². The van der Waals surface area contributed by atoms with E-state index in [2.05, 4.69) is 0 Å². The number of benzene rings is 1. The Hall–Kier alpha value is -2.24. The molecule has 2 rings (SSSR count). The third-order valence-electron chi connectivity index (χ3n) is 2.51. The van der Waals surface area contributed by atoms with Crippen LogP contribution >= 0.6 is 0 Å². The number of hydrogen-bond acceptors (Lipinski definition) is 2. The Balaban J connectivity index is 2.99. The first-order chi connectivity index (χ1) is 7.91. The van der Waals surface area contributed by atoms with Crippen LogP contribution in [0.2, 0.25) is 0 Å². The molecule has 0 saturated heterocycles. The standard InChI is InChI=1S/C11H7F2NO3/c1-14-8-3-7(13)6(12)2-5(8)10(15)4-9(14)11(16)17/h2-4H,1H3,(H,16,17). The lowest BCUT2D eigenvalue weighted by Gasteiger charge is -2.09. The van der Waals surface area contributed by atoms with Crippen molar-refractivity contribution in [3.05, 3.63) is 45.8 Å². The van der Waals surface area contributed by atoms with E-state index in [4.69, 9.17) is 5.11 Å². The first-order valence-electron chi connectivity index (χ1n) is 4.64. The molecule has 0 aliphatic rings. The molecule has 0 bridgehead atoms. The number of carbonyl (C=O) groups is 1. The molecule has 1 heterocycles. The highest BCUT2D eigenvalue weighted by Gasteiger charge is 2.14. The quantitative estimate of drug-likeness (QED) is 0.820. The zero-order valence-corrected chi connectivity index (χ0v) is 8.70. The summed E-state index contributed by atoms with van der Waals surface area (Å²) in [5, 5.41) is 8.79. The van der Waals surface area contributed by atoms with Gasteiger partial charge in [-0.1, -0.05) is 0 Å². The monoisotopic (exact) mass is 239 g/mol. The molecule has 0 aliphatic heterocycles. The molecule has 6 heteroatoms. The van der Waals surface area contributed by atoms with Gasteiger partial charge in [0.05, 0.1) is 5.52 Å². The van der Waals surface area contributed by atoms with Crippen molar-refractivity contribution in [1.82, 2.24) is 4.57 Å². The molecule has 0 radical (unpaired) electrons. The van der Waals surface area contributed by atoms with Gasteiger partial charge in [0.25, 0.3) is 0 Å². The summed E-state index contributed by atoms with van der Waals surface area (Å²) >= 11 is 0. The van der Waals surface area contributed by atoms with Gasteiger partial charge < -0.3 is 9.67 Å². The normalized spacial score (nSPS) is 10.8. The smallest absolute Gasteiger partial charge is 0.352 e. The molecule has 17 heavy (non-hydrogen) atoms. The summed E-state index contributed by atoms with van der Waals surface area (Å²) in [6, 6.07) is 2.44. The SMILES string of the molecule is Cn1c(C(=O)O)cc(=O)c2cc(F)c(F)cc21. The fraction of sp³-hybridized carbons (Fsp3) is 0.0909. The zero-order chi connectivity index (χ0) is 12.7. The van der Waals surface area contributed by atoms with Gasteiger partial charge in [0, 0.05) is 24.6 Å². The van der Waals surface area contributed by atoms with E-state index in [-0.39, 0.29) is 16.6 Å². The van der Waals surface area contributed by atoms with E-state index in [1.54, 1.807) is 0 Å². The Labute approximate surface area is 93.7 Å². The Bertz CT molecular complexity index is 691. The van der Waals surface area contributed by atoms with Gasteiger partial charge in [-0.05, 0) is 6.07 Å². The minimum Gasteiger partial charge on any atom is -0.477 e. The minimum atomic E-state index is -1.31. The summed E-state index contributed by atoms with van der Waals surface area (Å²) in [7, 11) is 1.36. The maximum atomic E-state index is 13.1. The lowest BCUT2D eigenvalue weighted by molar-refractivity contribution is 0.0686. The molecule has 2 aromatic rings. The predicted octanol–water partition coefficient (Wildman–Crippen LogP) is 1.51. The number of halogens is 2. The maximum Gasteiger partial charge on any atom is 0.352 e. The molecule has 0 unspecified atom stereocenters. The van der Waals surface area contributed by atoms with Crippen molar-refractivity contribution in [2.75, 3.05) is 0 Å². The second kappa shape index (κ2) is 3.65. The molecular weight excluding hydrogens is 232 g/mol. The highest BCUT2D eigenvalue weighted by molar-refractivity contribution is 5.90. The summed E-state index contributed by atoms with van der Waals surface area (Å²) in [5.41, 5.74) is -0.906. The molecule has 0 atom stereocenters. The van der Waals surface area contributed by atoms with Gasteiger partial charge >= 0.3 is 5.97 Å². The van der Waals surface area contributed by atoms with Gasteiger partial charge in [0.1, 0.15) is 5.69 Å². The predicted molar refractivity (Wildman–Crippen MR) is 56.1 cm³/mol. The first-order valence-corrected chi connectivity index (χ1v) is 4.64. The van der Waals surface area contributed by atoms with Crippen molar-refractivity contribution in [2.24, 2.45) is 7.05 Å². The molecule has 0 amide bonds. The molecule has 88 valence electrons. The van der Waals surface area contributed by atoms with E-state index in [0.29, 0.717) is 0 Å². The maximum absolute atomic E-state index is 13.1. The number of aryl methyl sites for hydroxylation is 1.